The van der Waals surface area contributed by atoms with Gasteiger partial charge in [-0.3, -0.25) is 4.90 Å². The van der Waals surface area contributed by atoms with Crippen LogP contribution in [0.1, 0.15) is 63.4 Å². The van der Waals surface area contributed by atoms with Gasteiger partial charge in [0, 0.05) is 30.2 Å². The van der Waals surface area contributed by atoms with E-state index in [2.05, 4.69) is 15.1 Å². The van der Waals surface area contributed by atoms with Gasteiger partial charge in [0.25, 0.3) is 0 Å². The Balaban J connectivity index is 0.945. The van der Waals surface area contributed by atoms with Crippen molar-refractivity contribution in [3.05, 3.63) is 59.9 Å². The van der Waals surface area contributed by atoms with Gasteiger partial charge < -0.3 is 20.2 Å². The van der Waals surface area contributed by atoms with Crippen LogP contribution in [0.25, 0.3) is 0 Å². The number of piperidine rings is 1. The summed E-state index contributed by atoms with van der Waals surface area (Å²) in [6.07, 6.45) is 6.81. The zero-order valence-electron chi connectivity index (χ0n) is 27.6. The second-order valence-corrected chi connectivity index (χ2v) is 18.3. The van der Waals surface area contributed by atoms with E-state index in [1.54, 1.807) is 24.3 Å². The molecule has 3 aliphatic heterocycles. The van der Waals surface area contributed by atoms with Gasteiger partial charge in [-0.1, -0.05) is 18.6 Å². The fourth-order valence-corrected chi connectivity index (χ4v) is 12.8. The third-order valence-corrected chi connectivity index (χ3v) is 15.7. The molecule has 7 fully saturated rings. The van der Waals surface area contributed by atoms with Crippen molar-refractivity contribution >= 4 is 21.6 Å². The summed E-state index contributed by atoms with van der Waals surface area (Å²) in [7, 11) is -3.31. The first-order chi connectivity index (χ1) is 23.0. The van der Waals surface area contributed by atoms with Crippen LogP contribution < -0.4 is 10.2 Å². The first-order valence-electron chi connectivity index (χ1n) is 18.0. The van der Waals surface area contributed by atoms with E-state index in [-0.39, 0.29) is 36.8 Å². The first-order valence-corrected chi connectivity index (χ1v) is 19.5. The molecule has 2 N–H and O–H groups in total. The molecule has 2 aromatic rings. The molecule has 2 bridgehead atoms. The molecular formula is C37H48F2N4O4S. The molecule has 7 aliphatic rings. The number of sulfone groups is 1. The molecule has 0 radical (unpaired) electrons. The van der Waals surface area contributed by atoms with Crippen LogP contribution in [0.15, 0.2) is 53.4 Å². The van der Waals surface area contributed by atoms with Crippen LogP contribution in [0.2, 0.25) is 0 Å². The lowest BCUT2D eigenvalue weighted by molar-refractivity contribution is 0.00601. The minimum atomic E-state index is -3.31. The topological polar surface area (TPSA) is 93.2 Å². The molecule has 260 valence electrons. The number of alkyl halides is 1. The molecule has 8 nitrogen and oxygen atoms in total. The van der Waals surface area contributed by atoms with Gasteiger partial charge in [0.05, 0.1) is 22.7 Å². The fourth-order valence-electron chi connectivity index (χ4n) is 10.4. The van der Waals surface area contributed by atoms with E-state index in [0.29, 0.717) is 17.4 Å². The molecule has 0 spiro atoms. The van der Waals surface area contributed by atoms with Crippen LogP contribution >= 0.6 is 0 Å². The van der Waals surface area contributed by atoms with Gasteiger partial charge in [0.2, 0.25) is 0 Å². The Morgan fingerprint density at radius 2 is 1.65 bits per heavy atom. The van der Waals surface area contributed by atoms with E-state index in [9.17, 15) is 22.7 Å². The van der Waals surface area contributed by atoms with Crippen LogP contribution in [0, 0.1) is 23.6 Å². The molecule has 4 aliphatic carbocycles. The number of anilines is 1. The summed E-state index contributed by atoms with van der Waals surface area (Å²) in [5.41, 5.74) is 0.0712. The van der Waals surface area contributed by atoms with Crippen molar-refractivity contribution in [2.75, 3.05) is 57.3 Å². The summed E-state index contributed by atoms with van der Waals surface area (Å²) in [5, 5.41) is 12.6. The van der Waals surface area contributed by atoms with Crippen LogP contribution in [0.3, 0.4) is 0 Å². The number of benzene rings is 2. The van der Waals surface area contributed by atoms with Crippen LogP contribution in [-0.2, 0) is 15.3 Å². The highest BCUT2D eigenvalue weighted by atomic mass is 32.2. The Labute approximate surface area is 282 Å². The lowest BCUT2D eigenvalue weighted by atomic mass is 9.55. The van der Waals surface area contributed by atoms with Crippen LogP contribution in [0.4, 0.5) is 19.3 Å². The van der Waals surface area contributed by atoms with E-state index in [0.717, 1.165) is 102 Å². The third kappa shape index (κ3) is 5.43. The lowest BCUT2D eigenvalue weighted by Crippen LogP contribution is -2.65. The standard InChI is InChI=1S/C37H48F2N4O4S/c38-29-5-1-4-28(18-29)37(25-41-14-3-15-41,32-6-2-7-33(32)40-34(44)45)27-12-16-42(17-13-27)22-35(39)23-43(24-35)30-8-10-31(11-9-30)48(46,47)36-19-26(20-36)21-36/h1,4-5,8-11,18,26-27,32-33,40H,2-3,6-7,12-17,19-25H2,(H,44,45)/t26?,32-,33-,36?,37-/m0/s1. The molecule has 11 heteroatoms. The molecule has 3 atom stereocenters. The largest absolute Gasteiger partial charge is 0.465 e. The average molecular weight is 683 g/mol. The van der Waals surface area contributed by atoms with E-state index >= 15 is 4.39 Å². The number of nitrogens with zero attached hydrogens (tertiary/aromatic N) is 3. The number of amides is 1. The Morgan fingerprint density at radius 3 is 2.23 bits per heavy atom. The minimum Gasteiger partial charge on any atom is -0.465 e. The Hall–Kier alpha value is -2.76. The first kappa shape index (κ1) is 32.4. The second-order valence-electron chi connectivity index (χ2n) is 16.0. The van der Waals surface area contributed by atoms with Gasteiger partial charge in [-0.15, -0.1) is 0 Å². The van der Waals surface area contributed by atoms with Crippen molar-refractivity contribution in [3.8, 4) is 0 Å². The third-order valence-electron chi connectivity index (χ3n) is 13.1. The maximum Gasteiger partial charge on any atom is 0.404 e. The van der Waals surface area contributed by atoms with E-state index in [1.807, 2.05) is 23.1 Å². The number of nitrogens with one attached hydrogen (secondary N) is 1. The van der Waals surface area contributed by atoms with Gasteiger partial charge in [-0.05, 0) is 137 Å². The van der Waals surface area contributed by atoms with E-state index in [1.165, 1.54) is 6.07 Å². The number of carbonyl (C=O) groups is 1. The van der Waals surface area contributed by atoms with Crippen molar-refractivity contribution in [2.24, 2.45) is 17.8 Å². The maximum atomic E-state index is 16.1. The van der Waals surface area contributed by atoms with E-state index in [4.69, 9.17) is 0 Å². The number of hydrogen-bond donors (Lipinski definition) is 2. The maximum absolute atomic E-state index is 16.1. The van der Waals surface area contributed by atoms with Gasteiger partial charge in [-0.2, -0.15) is 0 Å². The SMILES string of the molecule is O=C(O)N[C@H]1CCC[C@@H]1[C@](CN1CCC1)(c1cccc(F)c1)C1CCN(CC2(F)CN(c3ccc(S(=O)(=O)C45CC(C4)C5)cc3)C2)CC1. The normalized spacial score (nSPS) is 31.5. The van der Waals surface area contributed by atoms with Gasteiger partial charge >= 0.3 is 6.09 Å². The fraction of sp³-hybridized carbons (Fsp3) is 0.649. The van der Waals surface area contributed by atoms with Crippen LogP contribution in [-0.4, -0.2) is 98.2 Å². The van der Waals surface area contributed by atoms with Crippen molar-refractivity contribution < 1.29 is 27.1 Å². The highest BCUT2D eigenvalue weighted by Crippen LogP contribution is 2.63. The molecule has 9 rings (SSSR count). The quantitative estimate of drug-likeness (QED) is 0.325. The Bertz CT molecular complexity index is 1620. The highest BCUT2D eigenvalue weighted by Gasteiger charge is 2.65. The van der Waals surface area contributed by atoms with Crippen molar-refractivity contribution in [3.63, 3.8) is 0 Å². The molecule has 0 aromatic heterocycles. The summed E-state index contributed by atoms with van der Waals surface area (Å²) in [6.45, 7) is 5.17. The molecule has 3 saturated heterocycles. The van der Waals surface area contributed by atoms with Crippen molar-refractivity contribution in [1.29, 1.82) is 0 Å². The molecular weight excluding hydrogens is 634 g/mol. The molecule has 4 saturated carbocycles. The molecule has 0 unspecified atom stereocenters. The van der Waals surface area contributed by atoms with Gasteiger partial charge in [0.1, 0.15) is 5.82 Å². The van der Waals surface area contributed by atoms with E-state index < -0.39 is 31.8 Å². The second kappa shape index (κ2) is 11.9. The monoisotopic (exact) mass is 682 g/mol. The summed E-state index contributed by atoms with van der Waals surface area (Å²) in [6, 6.07) is 13.8. The Morgan fingerprint density at radius 1 is 0.938 bits per heavy atom. The summed E-state index contributed by atoms with van der Waals surface area (Å²) in [5.74, 6) is 0.593. The van der Waals surface area contributed by atoms with Gasteiger partial charge in [0.15, 0.2) is 15.5 Å². The molecule has 3 heterocycles. The number of rotatable bonds is 11. The lowest BCUT2D eigenvalue weighted by Gasteiger charge is -2.60. The summed E-state index contributed by atoms with van der Waals surface area (Å²) < 4.78 is 56.7. The number of carboxylic acid groups (broad SMARTS) is 1. The number of likely N-dealkylation sites (tertiary alicyclic amines) is 2. The predicted octanol–water partition coefficient (Wildman–Crippen LogP) is 5.47. The molecule has 2 aromatic carbocycles. The molecule has 48 heavy (non-hydrogen) atoms. The zero-order valence-corrected chi connectivity index (χ0v) is 28.4. The molecule has 1 amide bonds. The van der Waals surface area contributed by atoms with Crippen molar-refractivity contribution in [2.45, 2.75) is 84.6 Å². The van der Waals surface area contributed by atoms with Gasteiger partial charge in [-0.25, -0.2) is 22.0 Å². The van der Waals surface area contributed by atoms with Crippen molar-refractivity contribution in [1.82, 2.24) is 15.1 Å². The summed E-state index contributed by atoms with van der Waals surface area (Å²) in [4.78, 5) is 18.9. The average Bonchev–Trinajstić information content (AvgIpc) is 3.42. The van der Waals surface area contributed by atoms with Crippen LogP contribution in [0.5, 0.6) is 0 Å². The highest BCUT2D eigenvalue weighted by molar-refractivity contribution is 7.93. The predicted molar refractivity (Wildman–Crippen MR) is 180 cm³/mol. The Kier molecular flexibility index (Phi) is 8.07. The zero-order chi connectivity index (χ0) is 33.3. The number of halogens is 2. The minimum absolute atomic E-state index is 0.0561. The summed E-state index contributed by atoms with van der Waals surface area (Å²) >= 11 is 0. The number of hydrogen-bond acceptors (Lipinski definition) is 6. The smallest absolute Gasteiger partial charge is 0.404 e.